The predicted molar refractivity (Wildman–Crippen MR) is 107 cm³/mol. The Morgan fingerprint density at radius 1 is 1.41 bits per heavy atom. The van der Waals surface area contributed by atoms with Gasteiger partial charge in [0.05, 0.1) is 5.59 Å². The molecular weight excluding hydrogens is 372 g/mol. The molecule has 29 heavy (non-hydrogen) atoms. The maximum atomic E-state index is 13.9. The van der Waals surface area contributed by atoms with E-state index in [0.29, 0.717) is 46.5 Å². The van der Waals surface area contributed by atoms with Crippen LogP contribution in [-0.4, -0.2) is 26.7 Å². The molecule has 146 valence electrons. The van der Waals surface area contributed by atoms with Crippen molar-refractivity contribution in [3.8, 4) is 22.9 Å². The van der Waals surface area contributed by atoms with Crippen molar-refractivity contribution in [1.82, 2.24) is 14.8 Å². The first-order chi connectivity index (χ1) is 13.9. The fourth-order valence-electron chi connectivity index (χ4n) is 3.73. The third-order valence-corrected chi connectivity index (χ3v) is 5.20. The first-order valence-electron chi connectivity index (χ1n) is 9.25. The van der Waals surface area contributed by atoms with Crippen molar-refractivity contribution in [3.63, 3.8) is 0 Å². The molecule has 9 heteroatoms. The van der Waals surface area contributed by atoms with E-state index in [9.17, 15) is 14.7 Å². The van der Waals surface area contributed by atoms with Crippen LogP contribution in [0.1, 0.15) is 29.8 Å². The van der Waals surface area contributed by atoms with Gasteiger partial charge in [0.15, 0.2) is 11.6 Å². The number of ether oxygens (including phenoxy) is 1. The molecule has 2 bridgehead atoms. The van der Waals surface area contributed by atoms with Gasteiger partial charge in [-0.1, -0.05) is 6.07 Å². The summed E-state index contributed by atoms with van der Waals surface area (Å²) in [5, 5.41) is 24.9. The van der Waals surface area contributed by atoms with Crippen LogP contribution in [0.25, 0.3) is 11.1 Å². The van der Waals surface area contributed by atoms with Gasteiger partial charge in [0.25, 0.3) is 0 Å². The van der Waals surface area contributed by atoms with Gasteiger partial charge in [0, 0.05) is 24.4 Å². The number of aryl methyl sites for hydroxylation is 2. The van der Waals surface area contributed by atoms with Crippen LogP contribution >= 0.6 is 0 Å². The van der Waals surface area contributed by atoms with Crippen LogP contribution in [0.3, 0.4) is 0 Å². The quantitative estimate of drug-likeness (QED) is 0.567. The van der Waals surface area contributed by atoms with Gasteiger partial charge >= 0.3 is 6.92 Å². The van der Waals surface area contributed by atoms with Crippen molar-refractivity contribution in [1.29, 1.82) is 5.26 Å². The number of nitrogens with two attached hydrogens (primary N) is 1. The minimum absolute atomic E-state index is 0.181. The molecule has 0 saturated heterocycles. The normalized spacial score (nSPS) is 16.0. The number of fused-ring (bicyclic) bond motifs is 5. The summed E-state index contributed by atoms with van der Waals surface area (Å²) in [6.45, 7) is 0.899. The van der Waals surface area contributed by atoms with E-state index < -0.39 is 13.0 Å². The summed E-state index contributed by atoms with van der Waals surface area (Å²) in [6, 6.07) is 8.33. The average molecular weight is 391 g/mol. The van der Waals surface area contributed by atoms with E-state index in [1.54, 1.807) is 19.2 Å². The first-order valence-corrected chi connectivity index (χ1v) is 9.25. The molecule has 7 nitrogen and oxygen atoms in total. The Labute approximate surface area is 167 Å². The lowest BCUT2D eigenvalue weighted by Gasteiger charge is -2.21. The molecule has 0 saturated carbocycles. The number of nitrogen functional groups attached to an aromatic ring is 1. The molecule has 1 aromatic carbocycles. The molecule has 1 aliphatic rings. The molecule has 0 fully saturated rings. The Bertz CT molecular complexity index is 1140. The number of aromatic nitrogens is 3. The Balaban J connectivity index is 1.94. The van der Waals surface area contributed by atoms with Crippen molar-refractivity contribution in [2.45, 2.75) is 25.8 Å². The van der Waals surface area contributed by atoms with Gasteiger partial charge in [-0.2, -0.15) is 10.4 Å². The summed E-state index contributed by atoms with van der Waals surface area (Å²) in [7, 11) is 1.65. The summed E-state index contributed by atoms with van der Waals surface area (Å²) >= 11 is 0. The van der Waals surface area contributed by atoms with Crippen LogP contribution in [0.15, 0.2) is 30.5 Å². The molecule has 4 rings (SSSR count). The number of nitriles is 1. The van der Waals surface area contributed by atoms with Crippen LogP contribution < -0.4 is 16.1 Å². The van der Waals surface area contributed by atoms with Crippen LogP contribution in [-0.2, 0) is 13.5 Å². The molecule has 1 atom stereocenters. The molecule has 0 spiro atoms. The third kappa shape index (κ3) is 3.32. The zero-order valence-corrected chi connectivity index (χ0v) is 16.1. The predicted octanol–water partition coefficient (Wildman–Crippen LogP) is 1.96. The van der Waals surface area contributed by atoms with Crippen LogP contribution in [0, 0.1) is 17.1 Å². The number of rotatable bonds is 0. The van der Waals surface area contributed by atoms with Crippen LogP contribution in [0.4, 0.5) is 10.2 Å². The average Bonchev–Trinajstić information content (AvgIpc) is 3.04. The Hall–Kier alpha value is -3.38. The number of hydrogen-bond acceptors (Lipinski definition) is 6. The molecule has 0 radical (unpaired) electrons. The summed E-state index contributed by atoms with van der Waals surface area (Å²) < 4.78 is 21.4. The lowest BCUT2D eigenvalue weighted by molar-refractivity contribution is 0.226. The van der Waals surface area contributed by atoms with Gasteiger partial charge in [0.2, 0.25) is 0 Å². The largest absolute Gasteiger partial charge is 0.482 e. The van der Waals surface area contributed by atoms with E-state index >= 15 is 0 Å². The summed E-state index contributed by atoms with van der Waals surface area (Å²) in [5.74, 6) is 0.136. The lowest BCUT2D eigenvalue weighted by atomic mass is 9.58. The van der Waals surface area contributed by atoms with Crippen molar-refractivity contribution >= 4 is 18.3 Å². The van der Waals surface area contributed by atoms with Gasteiger partial charge in [-0.3, -0.25) is 4.68 Å². The van der Waals surface area contributed by atoms with E-state index in [-0.39, 0.29) is 11.6 Å². The highest BCUT2D eigenvalue weighted by atomic mass is 19.1. The maximum Gasteiger partial charge on any atom is 0.347 e. The second-order valence-corrected chi connectivity index (χ2v) is 7.11. The third-order valence-electron chi connectivity index (χ3n) is 5.20. The summed E-state index contributed by atoms with van der Waals surface area (Å²) in [5.41, 5.74) is 9.32. The van der Waals surface area contributed by atoms with E-state index in [1.807, 2.05) is 6.92 Å². The van der Waals surface area contributed by atoms with Gasteiger partial charge in [-0.25, -0.2) is 9.37 Å². The molecule has 0 aliphatic carbocycles. The number of hydrogen-bond donors (Lipinski definition) is 2. The smallest absolute Gasteiger partial charge is 0.347 e. The van der Waals surface area contributed by atoms with Gasteiger partial charge in [-0.05, 0) is 49.0 Å². The van der Waals surface area contributed by atoms with E-state index in [2.05, 4.69) is 16.2 Å². The Morgan fingerprint density at radius 2 is 2.21 bits per heavy atom. The standard InChI is InChI=1S/C20H19BFN5O2/c1-11-15-8-14(22)4-3-12(15)5-6-21(28)19-18(16(9-23)27(2)26-19)13-7-17(29-11)20(24)25-10-13/h3-4,7-8,10-11,28H,5-6H2,1-2H3,(H2,24,25). The molecule has 2 aromatic heterocycles. The second-order valence-electron chi connectivity index (χ2n) is 7.11. The zero-order valence-electron chi connectivity index (χ0n) is 16.1. The van der Waals surface area contributed by atoms with Crippen molar-refractivity contribution in [3.05, 3.63) is 53.1 Å². The first kappa shape index (κ1) is 19.0. The number of anilines is 1. The second kappa shape index (κ2) is 7.22. The molecule has 1 unspecified atom stereocenters. The maximum absolute atomic E-state index is 13.9. The number of pyridine rings is 1. The van der Waals surface area contributed by atoms with Crippen molar-refractivity contribution < 1.29 is 14.2 Å². The SMILES string of the molecule is CC1Oc2cc(cnc2N)-c2c(nn(C)c2C#N)B(O)CCc2ccc(F)cc21. The van der Waals surface area contributed by atoms with Gasteiger partial charge in [0.1, 0.15) is 23.7 Å². The molecular formula is C20H19BFN5O2. The lowest BCUT2D eigenvalue weighted by Crippen LogP contribution is -2.34. The molecule has 0 amide bonds. The van der Waals surface area contributed by atoms with Crippen molar-refractivity contribution in [2.24, 2.45) is 7.05 Å². The Morgan fingerprint density at radius 3 is 2.97 bits per heavy atom. The van der Waals surface area contributed by atoms with E-state index in [4.69, 9.17) is 10.5 Å². The van der Waals surface area contributed by atoms with E-state index in [0.717, 1.165) is 5.56 Å². The van der Waals surface area contributed by atoms with Crippen LogP contribution in [0.5, 0.6) is 5.75 Å². The summed E-state index contributed by atoms with van der Waals surface area (Å²) in [4.78, 5) is 4.20. The fraction of sp³-hybridized carbons (Fsp3) is 0.250. The molecule has 3 N–H and O–H groups in total. The van der Waals surface area contributed by atoms with E-state index in [1.165, 1.54) is 23.0 Å². The van der Waals surface area contributed by atoms with Gasteiger partial charge in [-0.15, -0.1) is 0 Å². The van der Waals surface area contributed by atoms with Gasteiger partial charge < -0.3 is 15.5 Å². The number of benzene rings is 1. The topological polar surface area (TPSA) is 110 Å². The molecule has 1 aliphatic heterocycles. The fourth-order valence-corrected chi connectivity index (χ4v) is 3.73. The van der Waals surface area contributed by atoms with Crippen molar-refractivity contribution in [2.75, 3.05) is 5.73 Å². The number of halogens is 1. The number of nitrogens with zero attached hydrogens (tertiary/aromatic N) is 4. The minimum atomic E-state index is -0.909. The molecule has 3 heterocycles. The highest BCUT2D eigenvalue weighted by Crippen LogP contribution is 2.33. The zero-order chi connectivity index (χ0) is 20.7. The monoisotopic (exact) mass is 391 g/mol. The molecule has 3 aromatic rings. The minimum Gasteiger partial charge on any atom is -0.482 e. The highest BCUT2D eigenvalue weighted by Gasteiger charge is 2.29. The highest BCUT2D eigenvalue weighted by molar-refractivity contribution is 6.67. The summed E-state index contributed by atoms with van der Waals surface area (Å²) in [6.07, 6.45) is 1.89. The Kier molecular flexibility index (Phi) is 4.72. The van der Waals surface area contributed by atoms with Crippen LogP contribution in [0.2, 0.25) is 6.32 Å².